The first kappa shape index (κ1) is 18.9. The second kappa shape index (κ2) is 8.24. The number of fused-ring (bicyclic) bond motifs is 1. The molecule has 1 aliphatic heterocycles. The van der Waals surface area contributed by atoms with Crippen LogP contribution in [0.15, 0.2) is 36.5 Å². The topological polar surface area (TPSA) is 96.9 Å². The van der Waals surface area contributed by atoms with Crippen molar-refractivity contribution in [3.63, 3.8) is 0 Å². The Morgan fingerprint density at radius 1 is 1.30 bits per heavy atom. The largest absolute Gasteiger partial charge is 0.497 e. The van der Waals surface area contributed by atoms with Crippen LogP contribution in [0.25, 0.3) is 5.69 Å². The fraction of sp³-hybridized carbons (Fsp3) is 0.278. The van der Waals surface area contributed by atoms with Crippen LogP contribution in [0.2, 0.25) is 0 Å². The number of hydrogen-bond donors (Lipinski definition) is 3. The van der Waals surface area contributed by atoms with Crippen molar-refractivity contribution in [2.24, 2.45) is 0 Å². The van der Waals surface area contributed by atoms with E-state index in [9.17, 15) is 4.79 Å². The predicted octanol–water partition coefficient (Wildman–Crippen LogP) is 1.60. The molecule has 0 aliphatic carbocycles. The summed E-state index contributed by atoms with van der Waals surface area (Å²) in [5.74, 6) is 0.607. The number of nitrogens with one attached hydrogen (secondary N) is 3. The molecule has 3 N–H and O–H groups in total. The standard InChI is InChI=1S/C18H20N6O2.ClH/c1-26-14-4-2-13(3-5-14)24-9-7-12(23-24)10-20-18(25)17-15-11-19-8-6-16(15)21-22-17;/h2-5,7,9,19H,6,8,10-11H2,1H3,(H,20,25)(H,21,22);1H. The summed E-state index contributed by atoms with van der Waals surface area (Å²) in [5, 5.41) is 17.8. The minimum Gasteiger partial charge on any atom is -0.497 e. The second-order valence-electron chi connectivity index (χ2n) is 6.09. The molecular weight excluding hydrogens is 368 g/mol. The van der Waals surface area contributed by atoms with Crippen molar-refractivity contribution in [2.45, 2.75) is 19.5 Å². The van der Waals surface area contributed by atoms with Crippen molar-refractivity contribution in [3.8, 4) is 11.4 Å². The average Bonchev–Trinajstić information content (AvgIpc) is 3.33. The quantitative estimate of drug-likeness (QED) is 0.617. The SMILES string of the molecule is COc1ccc(-n2ccc(CNC(=O)c3n[nH]c4c3CNCC4)n2)cc1.Cl. The summed E-state index contributed by atoms with van der Waals surface area (Å²) in [7, 11) is 1.64. The van der Waals surface area contributed by atoms with Gasteiger partial charge in [-0.3, -0.25) is 9.89 Å². The van der Waals surface area contributed by atoms with Gasteiger partial charge in [-0.25, -0.2) is 4.68 Å². The number of aromatic nitrogens is 4. The van der Waals surface area contributed by atoms with Crippen LogP contribution in [-0.2, 0) is 19.5 Å². The molecule has 3 heterocycles. The lowest BCUT2D eigenvalue weighted by molar-refractivity contribution is 0.0944. The second-order valence-corrected chi connectivity index (χ2v) is 6.09. The highest BCUT2D eigenvalue weighted by Gasteiger charge is 2.21. The molecule has 27 heavy (non-hydrogen) atoms. The van der Waals surface area contributed by atoms with E-state index >= 15 is 0 Å². The number of ether oxygens (including phenoxy) is 1. The molecule has 0 bridgehead atoms. The van der Waals surface area contributed by atoms with Gasteiger partial charge < -0.3 is 15.4 Å². The van der Waals surface area contributed by atoms with Gasteiger partial charge >= 0.3 is 0 Å². The summed E-state index contributed by atoms with van der Waals surface area (Å²) in [6, 6.07) is 9.50. The molecule has 0 saturated carbocycles. The molecule has 3 aromatic rings. The van der Waals surface area contributed by atoms with Crippen molar-refractivity contribution in [1.29, 1.82) is 0 Å². The van der Waals surface area contributed by atoms with Crippen molar-refractivity contribution in [3.05, 3.63) is 59.2 Å². The summed E-state index contributed by atoms with van der Waals surface area (Å²) < 4.78 is 6.93. The van der Waals surface area contributed by atoms with Gasteiger partial charge in [0, 0.05) is 37.0 Å². The van der Waals surface area contributed by atoms with Gasteiger partial charge in [0.15, 0.2) is 5.69 Å². The number of rotatable bonds is 5. The van der Waals surface area contributed by atoms with E-state index in [1.165, 1.54) is 0 Å². The van der Waals surface area contributed by atoms with Crippen molar-refractivity contribution in [1.82, 2.24) is 30.6 Å². The van der Waals surface area contributed by atoms with Crippen LogP contribution in [0.5, 0.6) is 5.75 Å². The fourth-order valence-corrected chi connectivity index (χ4v) is 3.00. The molecule has 0 fully saturated rings. The van der Waals surface area contributed by atoms with Gasteiger partial charge in [-0.1, -0.05) is 0 Å². The Morgan fingerprint density at radius 3 is 2.89 bits per heavy atom. The maximum atomic E-state index is 12.4. The van der Waals surface area contributed by atoms with Crippen LogP contribution in [0.4, 0.5) is 0 Å². The zero-order valence-corrected chi connectivity index (χ0v) is 15.7. The number of nitrogens with zero attached hydrogens (tertiary/aromatic N) is 3. The summed E-state index contributed by atoms with van der Waals surface area (Å²) in [6.07, 6.45) is 2.73. The van der Waals surface area contributed by atoms with Gasteiger partial charge in [0.05, 0.1) is 25.0 Å². The lowest BCUT2D eigenvalue weighted by Crippen LogP contribution is -2.28. The highest BCUT2D eigenvalue weighted by Crippen LogP contribution is 2.16. The highest BCUT2D eigenvalue weighted by atomic mass is 35.5. The number of H-pyrrole nitrogens is 1. The fourth-order valence-electron chi connectivity index (χ4n) is 3.00. The van der Waals surface area contributed by atoms with E-state index in [4.69, 9.17) is 4.74 Å². The third kappa shape index (κ3) is 3.96. The van der Waals surface area contributed by atoms with E-state index < -0.39 is 0 Å². The molecule has 8 nitrogen and oxygen atoms in total. The summed E-state index contributed by atoms with van der Waals surface area (Å²) in [6.45, 7) is 1.91. The van der Waals surface area contributed by atoms with Gasteiger partial charge in [-0.2, -0.15) is 10.2 Å². The predicted molar refractivity (Wildman–Crippen MR) is 103 cm³/mol. The van der Waals surface area contributed by atoms with Gasteiger partial charge in [-0.05, 0) is 30.3 Å². The van der Waals surface area contributed by atoms with Gasteiger partial charge in [-0.15, -0.1) is 12.4 Å². The van der Waals surface area contributed by atoms with Gasteiger partial charge in [0.1, 0.15) is 5.75 Å². The number of halogens is 1. The normalized spacial score (nSPS) is 12.8. The van der Waals surface area contributed by atoms with Crippen molar-refractivity contribution >= 4 is 18.3 Å². The average molecular weight is 389 g/mol. The van der Waals surface area contributed by atoms with E-state index in [2.05, 4.69) is 25.9 Å². The molecule has 1 aromatic carbocycles. The third-order valence-corrected chi connectivity index (χ3v) is 4.43. The third-order valence-electron chi connectivity index (χ3n) is 4.43. The molecule has 2 aromatic heterocycles. The van der Waals surface area contributed by atoms with Crippen molar-refractivity contribution in [2.75, 3.05) is 13.7 Å². The van der Waals surface area contributed by atoms with E-state index in [0.717, 1.165) is 41.4 Å². The monoisotopic (exact) mass is 388 g/mol. The van der Waals surface area contributed by atoms with Crippen LogP contribution >= 0.6 is 12.4 Å². The molecule has 4 rings (SSSR count). The molecule has 0 spiro atoms. The number of methoxy groups -OCH3 is 1. The van der Waals surface area contributed by atoms with E-state index in [-0.39, 0.29) is 18.3 Å². The lowest BCUT2D eigenvalue weighted by Gasteiger charge is -2.12. The Kier molecular flexibility index (Phi) is 5.78. The molecular formula is C18H21ClN6O2. The minimum absolute atomic E-state index is 0. The van der Waals surface area contributed by atoms with Crippen LogP contribution in [0.1, 0.15) is 27.4 Å². The van der Waals surface area contributed by atoms with Crippen LogP contribution in [-0.4, -0.2) is 39.5 Å². The van der Waals surface area contributed by atoms with E-state index in [0.29, 0.717) is 18.8 Å². The molecule has 0 radical (unpaired) electrons. The number of carbonyl (C=O) groups excluding carboxylic acids is 1. The molecule has 0 atom stereocenters. The van der Waals surface area contributed by atoms with E-state index in [1.807, 2.05) is 36.5 Å². The Labute approximate surface area is 162 Å². The lowest BCUT2D eigenvalue weighted by atomic mass is 10.1. The smallest absolute Gasteiger partial charge is 0.272 e. The first-order valence-corrected chi connectivity index (χ1v) is 8.48. The zero-order valence-electron chi connectivity index (χ0n) is 14.9. The Morgan fingerprint density at radius 2 is 2.11 bits per heavy atom. The molecule has 9 heteroatoms. The number of hydrogen-bond acceptors (Lipinski definition) is 5. The first-order valence-electron chi connectivity index (χ1n) is 8.48. The number of carbonyl (C=O) groups is 1. The van der Waals surface area contributed by atoms with Crippen LogP contribution in [0, 0.1) is 0 Å². The Hall–Kier alpha value is -2.84. The summed E-state index contributed by atoms with van der Waals surface area (Å²) in [5.41, 5.74) is 4.16. The summed E-state index contributed by atoms with van der Waals surface area (Å²) >= 11 is 0. The maximum absolute atomic E-state index is 12.4. The van der Waals surface area contributed by atoms with Gasteiger partial charge in [0.2, 0.25) is 0 Å². The highest BCUT2D eigenvalue weighted by molar-refractivity contribution is 5.93. The van der Waals surface area contributed by atoms with Crippen LogP contribution < -0.4 is 15.4 Å². The Bertz CT molecular complexity index is 918. The Balaban J connectivity index is 0.00000210. The molecule has 1 aliphatic rings. The molecule has 142 valence electrons. The van der Waals surface area contributed by atoms with E-state index in [1.54, 1.807) is 11.8 Å². The molecule has 0 unspecified atom stereocenters. The summed E-state index contributed by atoms with van der Waals surface area (Å²) in [4.78, 5) is 12.4. The van der Waals surface area contributed by atoms with Gasteiger partial charge in [0.25, 0.3) is 5.91 Å². The number of benzene rings is 1. The maximum Gasteiger partial charge on any atom is 0.272 e. The minimum atomic E-state index is -0.190. The first-order chi connectivity index (χ1) is 12.7. The molecule has 0 saturated heterocycles. The van der Waals surface area contributed by atoms with Crippen LogP contribution in [0.3, 0.4) is 0 Å². The zero-order chi connectivity index (χ0) is 17.9. The number of aromatic amines is 1. The number of amides is 1. The van der Waals surface area contributed by atoms with Crippen molar-refractivity contribution < 1.29 is 9.53 Å². The molecule has 1 amide bonds.